The van der Waals surface area contributed by atoms with E-state index in [-0.39, 0.29) is 31.5 Å². The lowest BCUT2D eigenvalue weighted by Crippen LogP contribution is -2.52. The van der Waals surface area contributed by atoms with E-state index in [4.69, 9.17) is 27.8 Å². The van der Waals surface area contributed by atoms with Crippen molar-refractivity contribution in [2.45, 2.75) is 23.5 Å². The first kappa shape index (κ1) is 25.4. The summed E-state index contributed by atoms with van der Waals surface area (Å²) < 4.78 is 5.52. The minimum atomic E-state index is -1.44. The van der Waals surface area contributed by atoms with Crippen LogP contribution in [0.2, 0.25) is 0 Å². The van der Waals surface area contributed by atoms with Crippen molar-refractivity contribution in [3.05, 3.63) is 64.7 Å². The van der Waals surface area contributed by atoms with Crippen LogP contribution in [-0.2, 0) is 16.9 Å². The highest BCUT2D eigenvalue weighted by Gasteiger charge is 2.50. The Morgan fingerprint density at radius 2 is 2.00 bits per heavy atom. The van der Waals surface area contributed by atoms with Crippen molar-refractivity contribution in [3.63, 3.8) is 0 Å². The molecule has 0 bridgehead atoms. The molecule has 4 amide bonds. The Morgan fingerprint density at radius 1 is 1.21 bits per heavy atom. The van der Waals surface area contributed by atoms with Gasteiger partial charge >= 0.3 is 6.03 Å². The number of ether oxygens (including phenoxy) is 1. The Morgan fingerprint density at radius 3 is 2.68 bits per heavy atom. The van der Waals surface area contributed by atoms with Crippen LogP contribution in [0.3, 0.4) is 0 Å². The van der Waals surface area contributed by atoms with Gasteiger partial charge in [-0.2, -0.15) is 5.10 Å². The van der Waals surface area contributed by atoms with Crippen LogP contribution < -0.4 is 26.8 Å². The summed E-state index contributed by atoms with van der Waals surface area (Å²) in [5.41, 5.74) is 11.7. The summed E-state index contributed by atoms with van der Waals surface area (Å²) in [5, 5.41) is 11.2. The number of rotatable bonds is 8. The highest BCUT2D eigenvalue weighted by molar-refractivity contribution is 6.20. The smallest absolute Gasteiger partial charge is 0.322 e. The lowest BCUT2D eigenvalue weighted by atomic mass is 9.87. The molecule has 196 valence electrons. The molecule has 0 spiro atoms. The number of hydrogen-bond donors (Lipinski definition) is 4. The van der Waals surface area contributed by atoms with Gasteiger partial charge in [-0.25, -0.2) is 4.79 Å². The zero-order valence-electron chi connectivity index (χ0n) is 20.3. The number of nitrogens with one attached hydrogen (secondary N) is 2. The van der Waals surface area contributed by atoms with Gasteiger partial charge in [-0.1, -0.05) is 30.3 Å². The standard InChI is InChI=1S/C26H26ClN7O4/c27-22(29)14-34-13-18(11-30-34)16-2-5-19(6-3-16)26(24(36)31-25(37)32-26)15-33-12-17-4-7-20(38-9-1-8-28)10-21(17)23(33)35/h2-7,10-11,18,22H,9,12-15,28-29H2,(H2,31,32,36,37)/t18?,22?,26-/m0/s1. The van der Waals surface area contributed by atoms with E-state index >= 15 is 0 Å². The molecule has 0 radical (unpaired) electrons. The summed E-state index contributed by atoms with van der Waals surface area (Å²) in [7, 11) is 0. The van der Waals surface area contributed by atoms with E-state index in [1.54, 1.807) is 40.2 Å². The van der Waals surface area contributed by atoms with Gasteiger partial charge in [0, 0.05) is 36.8 Å². The molecule has 1 saturated heterocycles. The minimum absolute atomic E-state index is 0.0318. The van der Waals surface area contributed by atoms with Crippen LogP contribution in [0.25, 0.3) is 0 Å². The number of hydrazone groups is 1. The van der Waals surface area contributed by atoms with Crippen molar-refractivity contribution < 1.29 is 19.1 Å². The molecule has 0 saturated carbocycles. The molecule has 38 heavy (non-hydrogen) atoms. The molecule has 1 fully saturated rings. The van der Waals surface area contributed by atoms with Gasteiger partial charge in [-0.3, -0.25) is 19.9 Å². The van der Waals surface area contributed by atoms with Crippen molar-refractivity contribution >= 4 is 35.7 Å². The van der Waals surface area contributed by atoms with Crippen molar-refractivity contribution in [2.75, 3.05) is 26.2 Å². The Balaban J connectivity index is 1.35. The number of urea groups is 1. The van der Waals surface area contributed by atoms with E-state index in [0.29, 0.717) is 30.0 Å². The minimum Gasteiger partial charge on any atom is -0.481 e. The molecule has 3 aliphatic heterocycles. The van der Waals surface area contributed by atoms with Gasteiger partial charge in [0.2, 0.25) is 0 Å². The van der Waals surface area contributed by atoms with Crippen molar-refractivity contribution in [1.29, 1.82) is 0 Å². The quantitative estimate of drug-likeness (QED) is 0.127. The Hall–Kier alpha value is -4.27. The predicted molar refractivity (Wildman–Crippen MR) is 140 cm³/mol. The molecule has 2 unspecified atom stereocenters. The zero-order chi connectivity index (χ0) is 26.9. The number of nitrogens with zero attached hydrogens (tertiary/aromatic N) is 3. The van der Waals surface area contributed by atoms with Crippen molar-refractivity contribution in [1.82, 2.24) is 20.5 Å². The average Bonchev–Trinajstić information content (AvgIpc) is 3.56. The number of fused-ring (bicyclic) bond motifs is 1. The number of benzene rings is 2. The van der Waals surface area contributed by atoms with Gasteiger partial charge in [0.15, 0.2) is 12.1 Å². The summed E-state index contributed by atoms with van der Waals surface area (Å²) in [6.07, 6.45) is 1.83. The summed E-state index contributed by atoms with van der Waals surface area (Å²) in [4.78, 5) is 40.2. The second-order valence-electron chi connectivity index (χ2n) is 9.28. The Kier molecular flexibility index (Phi) is 6.84. The summed E-state index contributed by atoms with van der Waals surface area (Å²) >= 11 is 5.88. The molecule has 3 atom stereocenters. The lowest BCUT2D eigenvalue weighted by Gasteiger charge is -2.31. The number of imide groups is 1. The molecule has 6 N–H and O–H groups in total. The molecule has 3 heterocycles. The average molecular weight is 536 g/mol. The van der Waals surface area contributed by atoms with Crippen LogP contribution in [0, 0.1) is 12.0 Å². The third kappa shape index (κ3) is 4.83. The number of nitrogens with two attached hydrogens (primary N) is 2. The molecular weight excluding hydrogens is 510 g/mol. The third-order valence-corrected chi connectivity index (χ3v) is 6.92. The Labute approximate surface area is 224 Å². The topological polar surface area (TPSA) is 155 Å². The van der Waals surface area contributed by atoms with Crippen molar-refractivity contribution in [2.24, 2.45) is 16.6 Å². The number of halogens is 1. The number of hydrogen-bond acceptors (Lipinski definition) is 8. The molecule has 0 aliphatic carbocycles. The fourth-order valence-electron chi connectivity index (χ4n) is 4.93. The van der Waals surface area contributed by atoms with Crippen LogP contribution in [0.4, 0.5) is 4.79 Å². The maximum absolute atomic E-state index is 13.3. The first-order chi connectivity index (χ1) is 18.3. The molecule has 0 aromatic heterocycles. The normalized spacial score (nSPS) is 22.6. The number of carbonyl (C=O) groups is 3. The molecule has 11 nitrogen and oxygen atoms in total. The maximum atomic E-state index is 13.3. The van der Waals surface area contributed by atoms with E-state index in [9.17, 15) is 14.4 Å². The maximum Gasteiger partial charge on any atom is 0.322 e. The van der Waals surface area contributed by atoms with E-state index in [2.05, 4.69) is 27.7 Å². The molecule has 5 rings (SSSR count). The van der Waals surface area contributed by atoms with Crippen LogP contribution in [0.1, 0.15) is 33.0 Å². The summed E-state index contributed by atoms with van der Waals surface area (Å²) in [5.74, 6) is 2.34. The summed E-state index contributed by atoms with van der Waals surface area (Å²) in [6, 6.07) is 14.2. The molecule has 2 aromatic carbocycles. The first-order valence-electron chi connectivity index (χ1n) is 12.0. The monoisotopic (exact) mass is 535 g/mol. The molecular formula is C26H26ClN7O4. The van der Waals surface area contributed by atoms with Crippen LogP contribution in [0.15, 0.2) is 47.6 Å². The van der Waals surface area contributed by atoms with E-state index < -0.39 is 23.0 Å². The number of carbonyl (C=O) groups excluding carboxylic acids is 3. The van der Waals surface area contributed by atoms with Crippen molar-refractivity contribution in [3.8, 4) is 17.7 Å². The fraction of sp³-hybridized carbons (Fsp3) is 0.308. The second kappa shape index (κ2) is 10.2. The SMILES string of the molecule is NC#CCOc1ccc2c(c1)C(=O)N(C[C@@]1(c3ccc(C4C=NN(CC(N)Cl)C4)cc3)NC(=O)NC1=O)C2. The first-order valence-corrected chi connectivity index (χ1v) is 12.4. The van der Waals surface area contributed by atoms with Gasteiger partial charge in [-0.15, -0.1) is 11.6 Å². The molecule has 3 aliphatic rings. The second-order valence-corrected chi connectivity index (χ2v) is 9.84. The van der Waals surface area contributed by atoms with Gasteiger partial charge in [0.25, 0.3) is 11.8 Å². The largest absolute Gasteiger partial charge is 0.481 e. The highest BCUT2D eigenvalue weighted by Crippen LogP contribution is 2.33. The summed E-state index contributed by atoms with van der Waals surface area (Å²) in [6.45, 7) is 1.41. The van der Waals surface area contributed by atoms with E-state index in [1.807, 2.05) is 18.3 Å². The van der Waals surface area contributed by atoms with E-state index in [0.717, 1.165) is 11.1 Å². The third-order valence-electron chi connectivity index (χ3n) is 6.78. The van der Waals surface area contributed by atoms with Crippen LogP contribution in [-0.4, -0.2) is 65.7 Å². The van der Waals surface area contributed by atoms with Gasteiger partial charge in [0.1, 0.15) is 5.75 Å². The number of amides is 4. The predicted octanol–water partition coefficient (Wildman–Crippen LogP) is 0.584. The zero-order valence-corrected chi connectivity index (χ0v) is 21.1. The van der Waals surface area contributed by atoms with Gasteiger partial charge in [-0.05, 0) is 34.7 Å². The highest BCUT2D eigenvalue weighted by atomic mass is 35.5. The molecule has 12 heteroatoms. The fourth-order valence-corrected chi connectivity index (χ4v) is 5.09. The van der Waals surface area contributed by atoms with Gasteiger partial charge in [0.05, 0.1) is 18.6 Å². The lowest BCUT2D eigenvalue weighted by molar-refractivity contribution is -0.124. The Bertz CT molecular complexity index is 1370. The number of alkyl halides is 1. The molecule has 2 aromatic rings. The van der Waals surface area contributed by atoms with E-state index in [1.165, 1.54) is 0 Å². The van der Waals surface area contributed by atoms with Crippen LogP contribution in [0.5, 0.6) is 5.75 Å². The van der Waals surface area contributed by atoms with Crippen LogP contribution >= 0.6 is 11.6 Å². The van der Waals surface area contributed by atoms with Gasteiger partial charge < -0.3 is 26.4 Å².